The molecule has 1 heterocycles. The van der Waals surface area contributed by atoms with Crippen LogP contribution in [0.15, 0.2) is 24.3 Å². The van der Waals surface area contributed by atoms with Gasteiger partial charge in [-0.1, -0.05) is 34.8 Å². The van der Waals surface area contributed by atoms with Crippen molar-refractivity contribution in [3.8, 4) is 17.0 Å². The number of carboxylic acid groups (broad SMARTS) is 1. The quantitative estimate of drug-likeness (QED) is 0.845. The first-order valence-corrected chi connectivity index (χ1v) is 6.50. The Hall–Kier alpha value is -1.49. The Bertz CT molecular complexity index is 689. The maximum Gasteiger partial charge on any atom is 0.355 e. The van der Waals surface area contributed by atoms with Crippen LogP contribution in [0.25, 0.3) is 11.1 Å². The highest BCUT2D eigenvalue weighted by Crippen LogP contribution is 2.36. The average molecular weight is 333 g/mol. The number of rotatable bonds is 3. The van der Waals surface area contributed by atoms with Gasteiger partial charge in [0.25, 0.3) is 0 Å². The van der Waals surface area contributed by atoms with Crippen molar-refractivity contribution in [3.63, 3.8) is 0 Å². The van der Waals surface area contributed by atoms with E-state index >= 15 is 0 Å². The van der Waals surface area contributed by atoms with Crippen molar-refractivity contribution in [1.29, 1.82) is 0 Å². The lowest BCUT2D eigenvalue weighted by molar-refractivity contribution is 0.0690. The molecule has 0 aliphatic carbocycles. The fourth-order valence-electron chi connectivity index (χ4n) is 1.66. The van der Waals surface area contributed by atoms with E-state index in [2.05, 4.69) is 4.98 Å². The summed E-state index contributed by atoms with van der Waals surface area (Å²) in [6.45, 7) is 0. The first-order valence-electron chi connectivity index (χ1n) is 5.37. The molecule has 0 saturated carbocycles. The number of hydrogen-bond acceptors (Lipinski definition) is 3. The number of aromatic carboxylic acids is 1. The third-order valence-corrected chi connectivity index (χ3v) is 3.62. The Balaban J connectivity index is 2.69. The molecule has 0 bridgehead atoms. The summed E-state index contributed by atoms with van der Waals surface area (Å²) in [5.74, 6) is -0.997. The van der Waals surface area contributed by atoms with E-state index in [1.165, 1.54) is 19.2 Å². The first kappa shape index (κ1) is 14.9. The molecule has 0 radical (unpaired) electrons. The summed E-state index contributed by atoms with van der Waals surface area (Å²) in [6.07, 6.45) is 0. The second kappa shape index (κ2) is 5.87. The maximum atomic E-state index is 11.3. The van der Waals surface area contributed by atoms with E-state index in [1.807, 2.05) is 0 Å². The fourth-order valence-corrected chi connectivity index (χ4v) is 2.31. The summed E-state index contributed by atoms with van der Waals surface area (Å²) in [4.78, 5) is 15.2. The topological polar surface area (TPSA) is 59.4 Å². The van der Waals surface area contributed by atoms with Gasteiger partial charge in [-0.2, -0.15) is 0 Å². The van der Waals surface area contributed by atoms with E-state index in [-0.39, 0.29) is 21.6 Å². The largest absolute Gasteiger partial charge is 0.481 e. The van der Waals surface area contributed by atoms with Crippen molar-refractivity contribution in [2.75, 3.05) is 7.11 Å². The SMILES string of the molecule is COc1ccc(-c2cc(Cl)c(Cl)cc2Cl)c(C(=O)O)n1. The highest BCUT2D eigenvalue weighted by molar-refractivity contribution is 6.44. The van der Waals surface area contributed by atoms with Gasteiger partial charge in [0.05, 0.1) is 22.2 Å². The number of carbonyl (C=O) groups is 1. The van der Waals surface area contributed by atoms with E-state index in [0.717, 1.165) is 0 Å². The zero-order valence-electron chi connectivity index (χ0n) is 10.2. The summed E-state index contributed by atoms with van der Waals surface area (Å²) in [7, 11) is 1.40. The Morgan fingerprint density at radius 1 is 1.10 bits per heavy atom. The molecule has 0 aliphatic rings. The van der Waals surface area contributed by atoms with Gasteiger partial charge in [0.2, 0.25) is 5.88 Å². The van der Waals surface area contributed by atoms with Crippen molar-refractivity contribution in [2.45, 2.75) is 0 Å². The van der Waals surface area contributed by atoms with Gasteiger partial charge in [0.15, 0.2) is 5.69 Å². The molecule has 0 atom stereocenters. The van der Waals surface area contributed by atoms with Crippen LogP contribution in [0.5, 0.6) is 5.88 Å². The van der Waals surface area contributed by atoms with E-state index in [9.17, 15) is 9.90 Å². The van der Waals surface area contributed by atoms with Gasteiger partial charge in [-0.25, -0.2) is 9.78 Å². The molecular formula is C13H8Cl3NO3. The molecule has 0 aliphatic heterocycles. The molecule has 104 valence electrons. The molecule has 1 N–H and O–H groups in total. The average Bonchev–Trinajstić information content (AvgIpc) is 2.42. The summed E-state index contributed by atoms with van der Waals surface area (Å²) in [5.41, 5.74) is 0.597. The van der Waals surface area contributed by atoms with Crippen molar-refractivity contribution in [1.82, 2.24) is 4.98 Å². The number of benzene rings is 1. The molecule has 0 amide bonds. The lowest BCUT2D eigenvalue weighted by atomic mass is 10.0. The van der Waals surface area contributed by atoms with Gasteiger partial charge in [-0.05, 0) is 18.2 Å². The maximum absolute atomic E-state index is 11.3. The smallest absolute Gasteiger partial charge is 0.355 e. The number of pyridine rings is 1. The number of methoxy groups -OCH3 is 1. The molecule has 7 heteroatoms. The van der Waals surface area contributed by atoms with Crippen LogP contribution in [-0.4, -0.2) is 23.2 Å². The molecule has 0 unspecified atom stereocenters. The number of hydrogen-bond donors (Lipinski definition) is 1. The van der Waals surface area contributed by atoms with Gasteiger partial charge in [0.1, 0.15) is 0 Å². The molecule has 0 spiro atoms. The van der Waals surface area contributed by atoms with Gasteiger partial charge >= 0.3 is 5.97 Å². The Kier molecular flexibility index (Phi) is 4.38. The summed E-state index contributed by atoms with van der Waals surface area (Å²) < 4.78 is 4.91. The Labute approximate surface area is 129 Å². The molecule has 4 nitrogen and oxygen atoms in total. The van der Waals surface area contributed by atoms with Crippen LogP contribution in [0.3, 0.4) is 0 Å². The lowest BCUT2D eigenvalue weighted by Gasteiger charge is -2.10. The van der Waals surface area contributed by atoms with Crippen LogP contribution >= 0.6 is 34.8 Å². The second-order valence-electron chi connectivity index (χ2n) is 3.80. The van der Waals surface area contributed by atoms with Crippen LogP contribution in [0.1, 0.15) is 10.5 Å². The van der Waals surface area contributed by atoms with Crippen LogP contribution in [0.4, 0.5) is 0 Å². The zero-order chi connectivity index (χ0) is 14.9. The van der Waals surface area contributed by atoms with E-state index in [4.69, 9.17) is 39.5 Å². The first-order chi connectivity index (χ1) is 9.43. The van der Waals surface area contributed by atoms with Crippen molar-refractivity contribution >= 4 is 40.8 Å². The molecule has 1 aromatic carbocycles. The highest BCUT2D eigenvalue weighted by Gasteiger charge is 2.18. The minimum atomic E-state index is -1.19. The van der Waals surface area contributed by atoms with Crippen molar-refractivity contribution in [3.05, 3.63) is 45.0 Å². The minimum Gasteiger partial charge on any atom is -0.481 e. The van der Waals surface area contributed by atoms with E-state index < -0.39 is 5.97 Å². The van der Waals surface area contributed by atoms with Crippen LogP contribution in [0, 0.1) is 0 Å². The Morgan fingerprint density at radius 3 is 2.35 bits per heavy atom. The molecule has 2 aromatic rings. The minimum absolute atomic E-state index is 0.176. The van der Waals surface area contributed by atoms with Gasteiger partial charge in [-0.15, -0.1) is 0 Å². The number of carboxylic acids is 1. The van der Waals surface area contributed by atoms with Gasteiger partial charge < -0.3 is 9.84 Å². The molecule has 2 rings (SSSR count). The van der Waals surface area contributed by atoms with Crippen LogP contribution in [0.2, 0.25) is 15.1 Å². The molecular weight excluding hydrogens is 325 g/mol. The van der Waals surface area contributed by atoms with Gasteiger partial charge in [-0.3, -0.25) is 0 Å². The summed E-state index contributed by atoms with van der Waals surface area (Å²) in [5, 5.41) is 10.1. The second-order valence-corrected chi connectivity index (χ2v) is 5.02. The lowest BCUT2D eigenvalue weighted by Crippen LogP contribution is -2.04. The molecule has 1 aromatic heterocycles. The van der Waals surface area contributed by atoms with E-state index in [0.29, 0.717) is 16.1 Å². The van der Waals surface area contributed by atoms with Crippen molar-refractivity contribution < 1.29 is 14.6 Å². The number of nitrogens with zero attached hydrogens (tertiary/aromatic N) is 1. The number of halogens is 3. The zero-order valence-corrected chi connectivity index (χ0v) is 12.4. The predicted molar refractivity (Wildman–Crippen MR) is 78.2 cm³/mol. The third kappa shape index (κ3) is 2.82. The summed E-state index contributed by atoms with van der Waals surface area (Å²) >= 11 is 17.9. The van der Waals surface area contributed by atoms with E-state index in [1.54, 1.807) is 12.1 Å². The van der Waals surface area contributed by atoms with Gasteiger partial charge in [0, 0.05) is 17.2 Å². The summed E-state index contributed by atoms with van der Waals surface area (Å²) in [6, 6.07) is 6.06. The van der Waals surface area contributed by atoms with Crippen molar-refractivity contribution in [2.24, 2.45) is 0 Å². The highest BCUT2D eigenvalue weighted by atomic mass is 35.5. The third-order valence-electron chi connectivity index (χ3n) is 2.58. The van der Waals surface area contributed by atoms with Crippen LogP contribution in [-0.2, 0) is 0 Å². The Morgan fingerprint density at radius 2 is 1.75 bits per heavy atom. The monoisotopic (exact) mass is 331 g/mol. The molecule has 0 saturated heterocycles. The standard InChI is InChI=1S/C13H8Cl3NO3/c1-20-11-3-2-6(12(17-11)13(18)19)7-4-9(15)10(16)5-8(7)14/h2-5H,1H3,(H,18,19). The number of ether oxygens (including phenoxy) is 1. The molecule has 20 heavy (non-hydrogen) atoms. The predicted octanol–water partition coefficient (Wildman–Crippen LogP) is 4.42. The molecule has 0 fully saturated rings. The normalized spacial score (nSPS) is 10.4. The number of aromatic nitrogens is 1. The fraction of sp³-hybridized carbons (Fsp3) is 0.0769. The van der Waals surface area contributed by atoms with Crippen LogP contribution < -0.4 is 4.74 Å².